The Kier molecular flexibility index (Phi) is 6.21. The van der Waals surface area contributed by atoms with Crippen LogP contribution >= 0.6 is 0 Å². The van der Waals surface area contributed by atoms with Gasteiger partial charge in [-0.1, -0.05) is 6.08 Å². The maximum absolute atomic E-state index is 11.1. The van der Waals surface area contributed by atoms with Crippen LogP contribution in [0.4, 0.5) is 4.79 Å². The Morgan fingerprint density at radius 3 is 2.94 bits per heavy atom. The zero-order valence-corrected chi connectivity index (χ0v) is 10.8. The van der Waals surface area contributed by atoms with Gasteiger partial charge in [-0.2, -0.15) is 0 Å². The second-order valence-electron chi connectivity index (χ2n) is 4.04. The van der Waals surface area contributed by atoms with E-state index in [2.05, 4.69) is 15.0 Å². The normalized spacial score (nSPS) is 20.0. The van der Waals surface area contributed by atoms with Gasteiger partial charge in [-0.05, 0) is 13.3 Å². The molecule has 6 nitrogen and oxygen atoms in total. The number of alkyl carbamates (subject to hydrolysis) is 1. The maximum Gasteiger partial charge on any atom is 0.407 e. The van der Waals surface area contributed by atoms with Crippen LogP contribution in [0.3, 0.4) is 0 Å². The number of likely N-dealkylation sites (tertiary alicyclic amines) is 1. The average molecular weight is 256 g/mol. The summed E-state index contributed by atoms with van der Waals surface area (Å²) >= 11 is 0. The van der Waals surface area contributed by atoms with Gasteiger partial charge in [-0.3, -0.25) is 4.90 Å². The van der Waals surface area contributed by atoms with Crippen molar-refractivity contribution < 1.29 is 19.1 Å². The van der Waals surface area contributed by atoms with Crippen molar-refractivity contribution in [3.05, 3.63) is 12.2 Å². The lowest BCUT2D eigenvalue weighted by Gasteiger charge is -2.14. The molecule has 1 saturated heterocycles. The molecular weight excluding hydrogens is 236 g/mol. The third kappa shape index (κ3) is 5.18. The van der Waals surface area contributed by atoms with E-state index < -0.39 is 6.09 Å². The molecule has 1 heterocycles. The van der Waals surface area contributed by atoms with Gasteiger partial charge in [0, 0.05) is 31.8 Å². The van der Waals surface area contributed by atoms with Crippen LogP contribution in [0.1, 0.15) is 13.3 Å². The van der Waals surface area contributed by atoms with Gasteiger partial charge in [0.05, 0.1) is 13.7 Å². The van der Waals surface area contributed by atoms with Crippen LogP contribution in [0, 0.1) is 0 Å². The fraction of sp³-hybridized carbons (Fsp3) is 0.667. The van der Waals surface area contributed by atoms with Gasteiger partial charge in [0.2, 0.25) is 0 Å². The van der Waals surface area contributed by atoms with Crippen LogP contribution in [0.25, 0.3) is 0 Å². The highest BCUT2D eigenvalue weighted by atomic mass is 16.5. The number of esters is 1. The van der Waals surface area contributed by atoms with Gasteiger partial charge in [0.1, 0.15) is 0 Å². The summed E-state index contributed by atoms with van der Waals surface area (Å²) in [5, 5.41) is 2.76. The summed E-state index contributed by atoms with van der Waals surface area (Å²) < 4.78 is 9.32. The van der Waals surface area contributed by atoms with Crippen molar-refractivity contribution in [2.75, 3.05) is 33.4 Å². The Morgan fingerprint density at radius 2 is 2.28 bits per heavy atom. The van der Waals surface area contributed by atoms with Crippen molar-refractivity contribution >= 4 is 12.1 Å². The van der Waals surface area contributed by atoms with Crippen molar-refractivity contribution in [3.8, 4) is 0 Å². The van der Waals surface area contributed by atoms with Crippen molar-refractivity contribution in [2.24, 2.45) is 0 Å². The fourth-order valence-corrected chi connectivity index (χ4v) is 1.83. The molecule has 0 aromatic heterocycles. The molecule has 0 saturated carbocycles. The Labute approximate surface area is 107 Å². The number of nitrogens with one attached hydrogen (secondary N) is 1. The quantitative estimate of drug-likeness (QED) is 0.574. The zero-order valence-electron chi connectivity index (χ0n) is 10.8. The first-order chi connectivity index (χ1) is 8.65. The molecule has 0 aromatic rings. The number of hydrogen-bond acceptors (Lipinski definition) is 5. The van der Waals surface area contributed by atoms with E-state index in [1.54, 1.807) is 13.0 Å². The summed E-state index contributed by atoms with van der Waals surface area (Å²) in [6.45, 7) is 4.50. The minimum absolute atomic E-state index is 0.119. The largest absolute Gasteiger partial charge is 0.463 e. The number of carbonyl (C=O) groups excluding carboxylic acids is 2. The number of amides is 1. The maximum atomic E-state index is 11.1. The van der Waals surface area contributed by atoms with Gasteiger partial charge in [-0.15, -0.1) is 0 Å². The van der Waals surface area contributed by atoms with E-state index in [9.17, 15) is 9.59 Å². The highest BCUT2D eigenvalue weighted by Gasteiger charge is 2.22. The number of methoxy groups -OCH3 is 1. The average Bonchev–Trinajstić information content (AvgIpc) is 2.77. The molecule has 1 aliphatic rings. The van der Waals surface area contributed by atoms with Gasteiger partial charge in [-0.25, -0.2) is 9.59 Å². The van der Waals surface area contributed by atoms with E-state index in [4.69, 9.17) is 4.74 Å². The minimum atomic E-state index is -0.399. The first-order valence-electron chi connectivity index (χ1n) is 6.05. The number of rotatable bonds is 5. The second kappa shape index (κ2) is 7.71. The van der Waals surface area contributed by atoms with Crippen LogP contribution in [0.15, 0.2) is 12.2 Å². The van der Waals surface area contributed by atoms with E-state index in [0.717, 1.165) is 19.5 Å². The summed E-state index contributed by atoms with van der Waals surface area (Å²) in [5.74, 6) is -0.319. The Balaban J connectivity index is 2.22. The smallest absolute Gasteiger partial charge is 0.407 e. The summed E-state index contributed by atoms with van der Waals surface area (Å²) in [6.07, 6.45) is 3.70. The standard InChI is InChI=1S/C12H20N2O4/c1-3-18-11(15)5-4-7-14-8-6-10(9-14)13-12(16)17-2/h4-5,10H,3,6-9H2,1-2H3,(H,13,16)/b5-4+. The molecule has 0 spiro atoms. The molecule has 1 atom stereocenters. The van der Waals surface area contributed by atoms with Gasteiger partial charge >= 0.3 is 12.1 Å². The molecule has 0 radical (unpaired) electrons. The number of hydrogen-bond donors (Lipinski definition) is 1. The molecule has 0 aliphatic carbocycles. The topological polar surface area (TPSA) is 67.9 Å². The fourth-order valence-electron chi connectivity index (χ4n) is 1.83. The van der Waals surface area contributed by atoms with Crippen LogP contribution in [-0.4, -0.2) is 56.4 Å². The predicted octanol–water partition coefficient (Wildman–Crippen LogP) is 0.536. The first-order valence-corrected chi connectivity index (χ1v) is 6.05. The van der Waals surface area contributed by atoms with Gasteiger partial charge < -0.3 is 14.8 Å². The molecule has 1 rings (SSSR count). The highest BCUT2D eigenvalue weighted by molar-refractivity contribution is 5.81. The molecule has 1 fully saturated rings. The summed E-state index contributed by atoms with van der Waals surface area (Å²) in [4.78, 5) is 24.2. The lowest BCUT2D eigenvalue weighted by Crippen LogP contribution is -2.36. The first kappa shape index (κ1) is 14.5. The van der Waals surface area contributed by atoms with E-state index in [1.165, 1.54) is 13.2 Å². The van der Waals surface area contributed by atoms with Crippen LogP contribution < -0.4 is 5.32 Å². The molecule has 6 heteroatoms. The zero-order chi connectivity index (χ0) is 13.4. The molecule has 102 valence electrons. The number of nitrogens with zero attached hydrogens (tertiary/aromatic N) is 1. The third-order valence-electron chi connectivity index (χ3n) is 2.68. The molecule has 1 aliphatic heterocycles. The Morgan fingerprint density at radius 1 is 1.50 bits per heavy atom. The third-order valence-corrected chi connectivity index (χ3v) is 2.68. The molecule has 1 amide bonds. The van der Waals surface area contributed by atoms with E-state index in [0.29, 0.717) is 13.2 Å². The lowest BCUT2D eigenvalue weighted by atomic mass is 10.3. The second-order valence-corrected chi connectivity index (χ2v) is 4.04. The van der Waals surface area contributed by atoms with Gasteiger partial charge in [0.15, 0.2) is 0 Å². The predicted molar refractivity (Wildman–Crippen MR) is 66.2 cm³/mol. The number of ether oxygens (including phenoxy) is 2. The number of carbonyl (C=O) groups is 2. The van der Waals surface area contributed by atoms with Crippen LogP contribution in [0.2, 0.25) is 0 Å². The van der Waals surface area contributed by atoms with Crippen molar-refractivity contribution in [1.29, 1.82) is 0 Å². The molecule has 18 heavy (non-hydrogen) atoms. The van der Waals surface area contributed by atoms with E-state index in [1.807, 2.05) is 0 Å². The highest BCUT2D eigenvalue weighted by Crippen LogP contribution is 2.08. The van der Waals surface area contributed by atoms with E-state index >= 15 is 0 Å². The van der Waals surface area contributed by atoms with Crippen LogP contribution in [0.5, 0.6) is 0 Å². The monoisotopic (exact) mass is 256 g/mol. The van der Waals surface area contributed by atoms with Crippen molar-refractivity contribution in [2.45, 2.75) is 19.4 Å². The molecule has 1 unspecified atom stereocenters. The SMILES string of the molecule is CCOC(=O)/C=C/CN1CCC(NC(=O)OC)C1. The summed E-state index contributed by atoms with van der Waals surface area (Å²) in [7, 11) is 1.35. The van der Waals surface area contributed by atoms with Crippen LogP contribution in [-0.2, 0) is 14.3 Å². The van der Waals surface area contributed by atoms with Gasteiger partial charge in [0.25, 0.3) is 0 Å². The van der Waals surface area contributed by atoms with E-state index in [-0.39, 0.29) is 12.0 Å². The summed E-state index contributed by atoms with van der Waals surface area (Å²) in [5.41, 5.74) is 0. The molecule has 0 aromatic carbocycles. The Bertz CT molecular complexity index is 317. The lowest BCUT2D eigenvalue weighted by molar-refractivity contribution is -0.137. The minimum Gasteiger partial charge on any atom is -0.463 e. The molecule has 0 bridgehead atoms. The Hall–Kier alpha value is -1.56. The van der Waals surface area contributed by atoms with Crippen molar-refractivity contribution in [3.63, 3.8) is 0 Å². The summed E-state index contributed by atoms with van der Waals surface area (Å²) in [6, 6.07) is 0.119. The molecular formula is C12H20N2O4. The van der Waals surface area contributed by atoms with Crippen molar-refractivity contribution in [1.82, 2.24) is 10.2 Å². The molecule has 1 N–H and O–H groups in total.